The minimum atomic E-state index is 0.279. The molecule has 2 nitrogen and oxygen atoms in total. The number of hydrogen-bond acceptors (Lipinski definition) is 2. The first-order valence-electron chi connectivity index (χ1n) is 6.26. The summed E-state index contributed by atoms with van der Waals surface area (Å²) in [6.45, 7) is 11.5. The predicted molar refractivity (Wildman–Crippen MR) is 67.0 cm³/mol. The molecule has 0 radical (unpaired) electrons. The molecule has 0 fully saturated rings. The average Bonchev–Trinajstić information content (AvgIpc) is 2.16. The van der Waals surface area contributed by atoms with Crippen LogP contribution in [-0.4, -0.2) is 19.8 Å². The molecule has 0 bridgehead atoms. The van der Waals surface area contributed by atoms with Crippen molar-refractivity contribution in [3.63, 3.8) is 0 Å². The van der Waals surface area contributed by atoms with Gasteiger partial charge in [-0.05, 0) is 43.6 Å². The minimum absolute atomic E-state index is 0.279. The van der Waals surface area contributed by atoms with E-state index in [0.29, 0.717) is 0 Å². The van der Waals surface area contributed by atoms with E-state index in [-0.39, 0.29) is 5.41 Å². The number of rotatable bonds is 9. The highest BCUT2D eigenvalue weighted by Gasteiger charge is 2.14. The normalized spacial score (nSPS) is 12.4. The Hall–Kier alpha value is -0.0800. The van der Waals surface area contributed by atoms with E-state index < -0.39 is 0 Å². The molecule has 0 aromatic carbocycles. The van der Waals surface area contributed by atoms with Crippen LogP contribution in [0.4, 0.5) is 0 Å². The highest BCUT2D eigenvalue weighted by molar-refractivity contribution is 4.68. The fourth-order valence-electron chi connectivity index (χ4n) is 1.45. The lowest BCUT2D eigenvalue weighted by Crippen LogP contribution is -2.23. The van der Waals surface area contributed by atoms with E-state index in [0.717, 1.165) is 38.5 Å². The first-order chi connectivity index (χ1) is 6.98. The second kappa shape index (κ2) is 8.12. The van der Waals surface area contributed by atoms with E-state index in [2.05, 4.69) is 27.7 Å². The summed E-state index contributed by atoms with van der Waals surface area (Å²) in [6.07, 6.45) is 4.76. The molecule has 0 atom stereocenters. The van der Waals surface area contributed by atoms with E-state index in [1.807, 2.05) is 0 Å². The number of hydrogen-bond donors (Lipinski definition) is 1. The molecule has 0 unspecified atom stereocenters. The van der Waals surface area contributed by atoms with E-state index in [1.54, 1.807) is 0 Å². The second-order valence-corrected chi connectivity index (χ2v) is 5.62. The molecular formula is C13H29NO. The molecule has 0 spiro atoms. The maximum atomic E-state index is 5.66. The molecule has 0 saturated heterocycles. The first-order valence-corrected chi connectivity index (χ1v) is 6.26. The summed E-state index contributed by atoms with van der Waals surface area (Å²) >= 11 is 0. The van der Waals surface area contributed by atoms with Crippen LogP contribution in [-0.2, 0) is 4.74 Å². The molecule has 0 saturated carbocycles. The lowest BCUT2D eigenvalue weighted by atomic mass is 9.88. The molecule has 0 heterocycles. The number of nitrogens with two attached hydrogens (primary N) is 1. The lowest BCUT2D eigenvalue weighted by molar-refractivity contribution is 0.116. The fourth-order valence-corrected chi connectivity index (χ4v) is 1.45. The standard InChI is InChI=1S/C13H29NO/c1-12(2)7-5-9-15-10-6-8-13(3,4)11-14/h12H,5-11,14H2,1-4H3. The molecule has 15 heavy (non-hydrogen) atoms. The van der Waals surface area contributed by atoms with Crippen molar-refractivity contribution in [1.29, 1.82) is 0 Å². The van der Waals surface area contributed by atoms with Gasteiger partial charge in [0.15, 0.2) is 0 Å². The molecule has 2 N–H and O–H groups in total. The first kappa shape index (κ1) is 14.9. The van der Waals surface area contributed by atoms with Crippen LogP contribution in [0, 0.1) is 11.3 Å². The van der Waals surface area contributed by atoms with Crippen LogP contribution in [0.2, 0.25) is 0 Å². The van der Waals surface area contributed by atoms with Crippen LogP contribution in [0.25, 0.3) is 0 Å². The van der Waals surface area contributed by atoms with Crippen LogP contribution >= 0.6 is 0 Å². The molecule has 92 valence electrons. The topological polar surface area (TPSA) is 35.2 Å². The predicted octanol–water partition coefficient (Wildman–Crippen LogP) is 3.20. The smallest absolute Gasteiger partial charge is 0.0466 e. The van der Waals surface area contributed by atoms with Crippen LogP contribution in [0.3, 0.4) is 0 Å². The molecule has 0 aliphatic rings. The Kier molecular flexibility index (Phi) is 8.07. The Labute approximate surface area is 95.6 Å². The molecular weight excluding hydrogens is 186 g/mol. The van der Waals surface area contributed by atoms with Gasteiger partial charge in [0.1, 0.15) is 0 Å². The van der Waals surface area contributed by atoms with Gasteiger partial charge >= 0.3 is 0 Å². The summed E-state index contributed by atoms with van der Waals surface area (Å²) in [6, 6.07) is 0. The summed E-state index contributed by atoms with van der Waals surface area (Å²) in [4.78, 5) is 0. The maximum absolute atomic E-state index is 5.66. The lowest BCUT2D eigenvalue weighted by Gasteiger charge is -2.21. The van der Waals surface area contributed by atoms with Crippen molar-refractivity contribution in [2.45, 2.75) is 53.4 Å². The van der Waals surface area contributed by atoms with Gasteiger partial charge in [-0.15, -0.1) is 0 Å². The largest absolute Gasteiger partial charge is 0.381 e. The monoisotopic (exact) mass is 215 g/mol. The van der Waals surface area contributed by atoms with Crippen LogP contribution < -0.4 is 5.73 Å². The third kappa shape index (κ3) is 10.2. The molecule has 0 amide bonds. The van der Waals surface area contributed by atoms with E-state index >= 15 is 0 Å². The van der Waals surface area contributed by atoms with Crippen molar-refractivity contribution >= 4 is 0 Å². The minimum Gasteiger partial charge on any atom is -0.381 e. The Morgan fingerprint density at radius 3 is 2.27 bits per heavy atom. The van der Waals surface area contributed by atoms with Crippen LogP contribution in [0.5, 0.6) is 0 Å². The summed E-state index contributed by atoms with van der Waals surface area (Å²) in [7, 11) is 0. The highest BCUT2D eigenvalue weighted by Crippen LogP contribution is 2.19. The zero-order valence-electron chi connectivity index (χ0n) is 11.0. The fraction of sp³-hybridized carbons (Fsp3) is 1.00. The van der Waals surface area contributed by atoms with Gasteiger partial charge in [0.2, 0.25) is 0 Å². The molecule has 2 heteroatoms. The van der Waals surface area contributed by atoms with Crippen molar-refractivity contribution in [3.05, 3.63) is 0 Å². The van der Waals surface area contributed by atoms with Gasteiger partial charge in [-0.2, -0.15) is 0 Å². The van der Waals surface area contributed by atoms with Crippen molar-refractivity contribution in [2.75, 3.05) is 19.8 Å². The van der Waals surface area contributed by atoms with E-state index in [4.69, 9.17) is 10.5 Å². The Balaban J connectivity index is 3.18. The molecule has 0 rings (SSSR count). The summed E-state index contributed by atoms with van der Waals surface area (Å²) in [5, 5.41) is 0. The Morgan fingerprint density at radius 2 is 1.73 bits per heavy atom. The zero-order valence-corrected chi connectivity index (χ0v) is 11.0. The highest BCUT2D eigenvalue weighted by atomic mass is 16.5. The van der Waals surface area contributed by atoms with Crippen LogP contribution in [0.15, 0.2) is 0 Å². The average molecular weight is 215 g/mol. The quantitative estimate of drug-likeness (QED) is 0.599. The summed E-state index contributed by atoms with van der Waals surface area (Å²) in [5.41, 5.74) is 5.94. The second-order valence-electron chi connectivity index (χ2n) is 5.62. The SMILES string of the molecule is CC(C)CCCOCCCC(C)(C)CN. The Morgan fingerprint density at radius 1 is 1.13 bits per heavy atom. The zero-order chi connectivity index (χ0) is 11.7. The Bertz CT molecular complexity index is 143. The van der Waals surface area contributed by atoms with Gasteiger partial charge in [-0.1, -0.05) is 27.7 Å². The van der Waals surface area contributed by atoms with E-state index in [9.17, 15) is 0 Å². The molecule has 0 aromatic heterocycles. The molecule has 0 aromatic rings. The van der Waals surface area contributed by atoms with Crippen molar-refractivity contribution in [2.24, 2.45) is 17.1 Å². The summed E-state index contributed by atoms with van der Waals surface area (Å²) < 4.78 is 5.58. The van der Waals surface area contributed by atoms with Crippen molar-refractivity contribution in [1.82, 2.24) is 0 Å². The van der Waals surface area contributed by atoms with Gasteiger partial charge in [-0.25, -0.2) is 0 Å². The number of ether oxygens (including phenoxy) is 1. The third-order valence-corrected chi connectivity index (χ3v) is 2.76. The van der Waals surface area contributed by atoms with E-state index in [1.165, 1.54) is 12.8 Å². The van der Waals surface area contributed by atoms with Crippen molar-refractivity contribution < 1.29 is 4.74 Å². The van der Waals surface area contributed by atoms with Gasteiger partial charge < -0.3 is 10.5 Å². The van der Waals surface area contributed by atoms with Gasteiger partial charge in [0, 0.05) is 13.2 Å². The molecule has 0 aliphatic heterocycles. The van der Waals surface area contributed by atoms with Gasteiger partial charge in [0.05, 0.1) is 0 Å². The summed E-state index contributed by atoms with van der Waals surface area (Å²) in [5.74, 6) is 0.796. The molecule has 0 aliphatic carbocycles. The van der Waals surface area contributed by atoms with Crippen LogP contribution in [0.1, 0.15) is 53.4 Å². The third-order valence-electron chi connectivity index (χ3n) is 2.76. The van der Waals surface area contributed by atoms with Crippen molar-refractivity contribution in [3.8, 4) is 0 Å². The maximum Gasteiger partial charge on any atom is 0.0466 e. The van der Waals surface area contributed by atoms with Gasteiger partial charge in [0.25, 0.3) is 0 Å². The van der Waals surface area contributed by atoms with Gasteiger partial charge in [-0.3, -0.25) is 0 Å².